The molecule has 0 fully saturated rings. The third-order valence-corrected chi connectivity index (χ3v) is 2.16. The van der Waals surface area contributed by atoms with Crippen LogP contribution in [-0.4, -0.2) is 15.2 Å². The fourth-order valence-electron chi connectivity index (χ4n) is 1.56. The molecule has 0 saturated carbocycles. The molecule has 1 aromatic carbocycles. The first-order valence-electron chi connectivity index (χ1n) is 4.19. The van der Waals surface area contributed by atoms with Crippen molar-refractivity contribution in [3.8, 4) is 0 Å². The van der Waals surface area contributed by atoms with E-state index in [2.05, 4.69) is 0 Å². The molecular weight excluding hydrogens is 203 g/mol. The van der Waals surface area contributed by atoms with Gasteiger partial charge in [0.2, 0.25) is 0 Å². The van der Waals surface area contributed by atoms with Gasteiger partial charge in [0.1, 0.15) is 0 Å². The molecule has 15 heavy (non-hydrogen) atoms. The van der Waals surface area contributed by atoms with E-state index in [1.165, 1.54) is 18.2 Å². The van der Waals surface area contributed by atoms with Crippen molar-refractivity contribution in [3.05, 3.63) is 45.6 Å². The van der Waals surface area contributed by atoms with Gasteiger partial charge in [-0.3, -0.25) is 20.4 Å². The molecule has 78 valence electrons. The van der Waals surface area contributed by atoms with Crippen molar-refractivity contribution in [3.63, 3.8) is 0 Å². The largest absolute Gasteiger partial charge is 0.289 e. The van der Waals surface area contributed by atoms with Crippen LogP contribution >= 0.6 is 0 Å². The molecule has 1 N–H and O–H groups in total. The van der Waals surface area contributed by atoms with E-state index in [1.807, 2.05) is 0 Å². The highest BCUT2D eigenvalue weighted by molar-refractivity contribution is 5.71. The molecule has 0 spiro atoms. The van der Waals surface area contributed by atoms with Crippen molar-refractivity contribution < 1.29 is 14.5 Å². The second kappa shape index (κ2) is 3.32. The molecule has 1 aliphatic heterocycles. The second-order valence-electron chi connectivity index (χ2n) is 3.14. The first-order valence-corrected chi connectivity index (χ1v) is 4.19. The van der Waals surface area contributed by atoms with E-state index < -0.39 is 10.8 Å². The topological polar surface area (TPSA) is 66.6 Å². The molecule has 0 aliphatic carbocycles. The normalized spacial score (nSPS) is 14.5. The fourth-order valence-corrected chi connectivity index (χ4v) is 1.56. The van der Waals surface area contributed by atoms with Crippen LogP contribution in [0.25, 0.3) is 5.83 Å². The summed E-state index contributed by atoms with van der Waals surface area (Å²) in [4.78, 5) is 10.00. The Kier molecular flexibility index (Phi) is 2.12. The molecule has 0 radical (unpaired) electrons. The number of benzene rings is 1. The zero-order valence-electron chi connectivity index (χ0n) is 7.55. The molecule has 2 rings (SSSR count). The molecule has 0 bridgehead atoms. The summed E-state index contributed by atoms with van der Waals surface area (Å²) < 4.78 is 13.4. The first-order chi connectivity index (χ1) is 7.09. The number of hydrogen-bond acceptors (Lipinski definition) is 4. The van der Waals surface area contributed by atoms with Crippen molar-refractivity contribution in [1.29, 1.82) is 0 Å². The number of fused-ring (bicyclic) bond motifs is 1. The van der Waals surface area contributed by atoms with Gasteiger partial charge in [0.15, 0.2) is 5.83 Å². The molecule has 1 aliphatic rings. The quantitative estimate of drug-likeness (QED) is 0.569. The number of nitro groups is 1. The lowest BCUT2D eigenvalue weighted by Gasteiger charge is -2.19. The van der Waals surface area contributed by atoms with Gasteiger partial charge in [-0.15, -0.1) is 0 Å². The predicted molar refractivity (Wildman–Crippen MR) is 49.5 cm³/mol. The van der Waals surface area contributed by atoms with E-state index in [1.54, 1.807) is 0 Å². The number of nitro benzene ring substituents is 1. The summed E-state index contributed by atoms with van der Waals surface area (Å²) in [6.45, 7) is 0.0461. The lowest BCUT2D eigenvalue weighted by Crippen LogP contribution is -2.17. The van der Waals surface area contributed by atoms with E-state index in [0.29, 0.717) is 10.6 Å². The maximum Gasteiger partial charge on any atom is 0.279 e. The van der Waals surface area contributed by atoms with Crippen molar-refractivity contribution in [2.45, 2.75) is 6.54 Å². The van der Waals surface area contributed by atoms with Gasteiger partial charge in [-0.2, -0.15) is 0 Å². The van der Waals surface area contributed by atoms with Crippen LogP contribution in [-0.2, 0) is 6.54 Å². The second-order valence-corrected chi connectivity index (χ2v) is 3.14. The Morgan fingerprint density at radius 3 is 2.93 bits per heavy atom. The van der Waals surface area contributed by atoms with Crippen molar-refractivity contribution in [2.75, 3.05) is 0 Å². The SMILES string of the molecule is O=[N+]([O-])c1cccc2c1C(F)=CN(O)C2. The average molecular weight is 210 g/mol. The molecule has 5 nitrogen and oxygen atoms in total. The van der Waals surface area contributed by atoms with Gasteiger partial charge in [-0.1, -0.05) is 12.1 Å². The lowest BCUT2D eigenvalue weighted by atomic mass is 10.0. The lowest BCUT2D eigenvalue weighted by molar-refractivity contribution is -0.385. The zero-order valence-corrected chi connectivity index (χ0v) is 7.55. The molecule has 0 aromatic heterocycles. The fraction of sp³-hybridized carbons (Fsp3) is 0.111. The van der Waals surface area contributed by atoms with Crippen molar-refractivity contribution >= 4 is 11.5 Å². The summed E-state index contributed by atoms with van der Waals surface area (Å²) in [6, 6.07) is 4.24. The minimum absolute atomic E-state index is 0.0461. The van der Waals surface area contributed by atoms with E-state index >= 15 is 0 Å². The van der Waals surface area contributed by atoms with Crippen LogP contribution in [0.15, 0.2) is 24.4 Å². The van der Waals surface area contributed by atoms with Crippen LogP contribution in [0.5, 0.6) is 0 Å². The van der Waals surface area contributed by atoms with Crippen LogP contribution in [0.1, 0.15) is 11.1 Å². The van der Waals surface area contributed by atoms with Crippen molar-refractivity contribution in [1.82, 2.24) is 5.06 Å². The van der Waals surface area contributed by atoms with Gasteiger partial charge >= 0.3 is 0 Å². The van der Waals surface area contributed by atoms with Gasteiger partial charge in [-0.05, 0) is 5.56 Å². The highest BCUT2D eigenvalue weighted by Gasteiger charge is 2.25. The van der Waals surface area contributed by atoms with E-state index in [-0.39, 0.29) is 17.8 Å². The number of halogens is 1. The van der Waals surface area contributed by atoms with Gasteiger partial charge in [0.25, 0.3) is 5.69 Å². The Morgan fingerprint density at radius 2 is 2.27 bits per heavy atom. The Hall–Kier alpha value is -1.95. The molecule has 1 aromatic rings. The Bertz CT molecular complexity index is 459. The molecule has 1 heterocycles. The number of hydroxylamine groups is 2. The number of nitrogens with zero attached hydrogens (tertiary/aromatic N) is 2. The monoisotopic (exact) mass is 210 g/mol. The minimum Gasteiger partial charge on any atom is -0.289 e. The Labute approximate surface area is 84.2 Å². The van der Waals surface area contributed by atoms with Crippen LogP contribution < -0.4 is 0 Å². The summed E-state index contributed by atoms with van der Waals surface area (Å²) in [5.74, 6) is -0.800. The highest BCUT2D eigenvalue weighted by atomic mass is 19.1. The van der Waals surface area contributed by atoms with E-state index in [9.17, 15) is 14.5 Å². The van der Waals surface area contributed by atoms with Gasteiger partial charge in [-0.25, -0.2) is 4.39 Å². The van der Waals surface area contributed by atoms with Crippen LogP contribution in [0.3, 0.4) is 0 Å². The standard InChI is InChI=1S/C9H7FN2O3/c10-7-5-11(13)4-6-2-1-3-8(9(6)7)12(14)15/h1-3,5,13H,4H2. The van der Waals surface area contributed by atoms with Crippen LogP contribution in [0, 0.1) is 10.1 Å². The summed E-state index contributed by atoms with van der Waals surface area (Å²) in [7, 11) is 0. The zero-order chi connectivity index (χ0) is 11.0. The van der Waals surface area contributed by atoms with Crippen LogP contribution in [0.2, 0.25) is 0 Å². The number of rotatable bonds is 1. The average Bonchev–Trinajstić information content (AvgIpc) is 2.16. The summed E-state index contributed by atoms with van der Waals surface area (Å²) in [6.07, 6.45) is 0.829. The molecular formula is C9H7FN2O3. The van der Waals surface area contributed by atoms with Gasteiger partial charge in [0, 0.05) is 6.07 Å². The van der Waals surface area contributed by atoms with E-state index in [0.717, 1.165) is 6.20 Å². The highest BCUT2D eigenvalue weighted by Crippen LogP contribution is 2.33. The van der Waals surface area contributed by atoms with Gasteiger partial charge < -0.3 is 0 Å². The summed E-state index contributed by atoms with van der Waals surface area (Å²) >= 11 is 0. The molecule has 0 amide bonds. The summed E-state index contributed by atoms with van der Waals surface area (Å²) in [5.41, 5.74) is 0.0638. The maximum absolute atomic E-state index is 13.4. The smallest absolute Gasteiger partial charge is 0.279 e. The van der Waals surface area contributed by atoms with Crippen molar-refractivity contribution in [2.24, 2.45) is 0 Å². The molecule has 0 saturated heterocycles. The third kappa shape index (κ3) is 1.55. The molecule has 0 unspecified atom stereocenters. The maximum atomic E-state index is 13.4. The third-order valence-electron chi connectivity index (χ3n) is 2.16. The summed E-state index contributed by atoms with van der Waals surface area (Å²) in [5, 5.41) is 20.4. The van der Waals surface area contributed by atoms with Crippen LogP contribution in [0.4, 0.5) is 10.1 Å². The minimum atomic E-state index is -0.800. The Morgan fingerprint density at radius 1 is 1.53 bits per heavy atom. The van der Waals surface area contributed by atoms with Gasteiger partial charge in [0.05, 0.1) is 23.2 Å². The van der Waals surface area contributed by atoms with E-state index in [4.69, 9.17) is 5.21 Å². The Balaban J connectivity index is 2.64. The predicted octanol–water partition coefficient (Wildman–Crippen LogP) is 2.07. The first kappa shape index (κ1) is 9.60. The molecule has 6 heteroatoms. The number of hydrogen-bond donors (Lipinski definition) is 1. The molecule has 0 atom stereocenters.